The lowest BCUT2D eigenvalue weighted by Gasteiger charge is -2.22. The lowest BCUT2D eigenvalue weighted by atomic mass is 9.87. The first-order valence-electron chi connectivity index (χ1n) is 7.57. The summed E-state index contributed by atoms with van der Waals surface area (Å²) >= 11 is 0. The van der Waals surface area contributed by atoms with Crippen LogP contribution in [-0.4, -0.2) is 13.1 Å². The largest absolute Gasteiger partial charge is 0.316 e. The Morgan fingerprint density at radius 2 is 1.75 bits per heavy atom. The third-order valence-corrected chi connectivity index (χ3v) is 4.90. The molecule has 1 N–H and O–H groups in total. The molecule has 0 bridgehead atoms. The van der Waals surface area contributed by atoms with Gasteiger partial charge in [0.15, 0.2) is 0 Å². The van der Waals surface area contributed by atoms with Crippen LogP contribution >= 0.6 is 0 Å². The Hall–Kier alpha value is -0.0400. The minimum atomic E-state index is 0.974. The molecular weight excluding hydrogens is 194 g/mol. The molecular formula is C15H29N. The third kappa shape index (κ3) is 3.76. The van der Waals surface area contributed by atoms with Crippen LogP contribution in [0.25, 0.3) is 0 Å². The second-order valence-corrected chi connectivity index (χ2v) is 6.17. The van der Waals surface area contributed by atoms with Crippen LogP contribution in [-0.2, 0) is 0 Å². The quantitative estimate of drug-likeness (QED) is 0.695. The standard InChI is InChI=1S/C15H29N/c1-13-6-5-9-15(13)12-16-11-10-14-7-3-2-4-8-14/h13-16H,2-12H2,1H3. The summed E-state index contributed by atoms with van der Waals surface area (Å²) in [5, 5.41) is 3.71. The van der Waals surface area contributed by atoms with Gasteiger partial charge in [-0.1, -0.05) is 51.9 Å². The average molecular weight is 223 g/mol. The van der Waals surface area contributed by atoms with E-state index in [9.17, 15) is 0 Å². The van der Waals surface area contributed by atoms with Crippen molar-refractivity contribution in [1.82, 2.24) is 5.32 Å². The lowest BCUT2D eigenvalue weighted by Crippen LogP contribution is -2.26. The molecule has 2 unspecified atom stereocenters. The third-order valence-electron chi connectivity index (χ3n) is 4.90. The summed E-state index contributed by atoms with van der Waals surface area (Å²) in [6, 6.07) is 0. The first-order chi connectivity index (χ1) is 7.86. The highest BCUT2D eigenvalue weighted by Crippen LogP contribution is 2.30. The maximum Gasteiger partial charge on any atom is -0.00180 e. The van der Waals surface area contributed by atoms with E-state index >= 15 is 0 Å². The Bertz CT molecular complexity index is 184. The molecule has 94 valence electrons. The summed E-state index contributed by atoms with van der Waals surface area (Å²) in [5.74, 6) is 3.00. The molecule has 0 radical (unpaired) electrons. The zero-order chi connectivity index (χ0) is 11.2. The van der Waals surface area contributed by atoms with Gasteiger partial charge in [0, 0.05) is 0 Å². The molecule has 2 atom stereocenters. The zero-order valence-corrected chi connectivity index (χ0v) is 11.0. The second-order valence-electron chi connectivity index (χ2n) is 6.17. The molecule has 0 spiro atoms. The van der Waals surface area contributed by atoms with E-state index in [1.165, 1.54) is 70.9 Å². The van der Waals surface area contributed by atoms with E-state index in [0.29, 0.717) is 0 Å². The number of nitrogens with one attached hydrogen (secondary N) is 1. The fraction of sp³-hybridized carbons (Fsp3) is 1.00. The molecule has 0 amide bonds. The van der Waals surface area contributed by atoms with Crippen LogP contribution in [0.1, 0.15) is 64.7 Å². The molecule has 16 heavy (non-hydrogen) atoms. The molecule has 0 aromatic carbocycles. The maximum atomic E-state index is 3.71. The number of hydrogen-bond donors (Lipinski definition) is 1. The summed E-state index contributed by atoms with van der Waals surface area (Å²) in [5.41, 5.74) is 0. The molecule has 0 aliphatic heterocycles. The van der Waals surface area contributed by atoms with Gasteiger partial charge in [-0.25, -0.2) is 0 Å². The van der Waals surface area contributed by atoms with Gasteiger partial charge in [-0.15, -0.1) is 0 Å². The number of hydrogen-bond acceptors (Lipinski definition) is 1. The van der Waals surface area contributed by atoms with Crippen LogP contribution < -0.4 is 5.32 Å². The molecule has 2 fully saturated rings. The Labute approximate surface area is 101 Å². The summed E-state index contributed by atoms with van der Waals surface area (Å²) in [4.78, 5) is 0. The van der Waals surface area contributed by atoms with Crippen molar-refractivity contribution < 1.29 is 0 Å². The van der Waals surface area contributed by atoms with E-state index in [2.05, 4.69) is 12.2 Å². The van der Waals surface area contributed by atoms with Crippen molar-refractivity contribution in [2.75, 3.05) is 13.1 Å². The fourth-order valence-corrected chi connectivity index (χ4v) is 3.59. The van der Waals surface area contributed by atoms with Crippen molar-refractivity contribution in [2.45, 2.75) is 64.7 Å². The summed E-state index contributed by atoms with van der Waals surface area (Å²) in [6.07, 6.45) is 13.3. The van der Waals surface area contributed by atoms with Crippen molar-refractivity contribution in [2.24, 2.45) is 17.8 Å². The molecule has 1 heteroatoms. The van der Waals surface area contributed by atoms with Crippen molar-refractivity contribution >= 4 is 0 Å². The minimum absolute atomic E-state index is 0.974. The van der Waals surface area contributed by atoms with E-state index in [1.807, 2.05) is 0 Å². The highest BCUT2D eigenvalue weighted by Gasteiger charge is 2.22. The molecule has 0 aromatic heterocycles. The summed E-state index contributed by atoms with van der Waals surface area (Å²) < 4.78 is 0. The first-order valence-corrected chi connectivity index (χ1v) is 7.57. The van der Waals surface area contributed by atoms with Gasteiger partial charge in [0.1, 0.15) is 0 Å². The van der Waals surface area contributed by atoms with Crippen molar-refractivity contribution in [3.8, 4) is 0 Å². The van der Waals surface area contributed by atoms with E-state index in [1.54, 1.807) is 0 Å². The van der Waals surface area contributed by atoms with Gasteiger partial charge >= 0.3 is 0 Å². The smallest absolute Gasteiger partial charge is 0.00180 e. The Morgan fingerprint density at radius 1 is 0.938 bits per heavy atom. The summed E-state index contributed by atoms with van der Waals surface area (Å²) in [6.45, 7) is 4.99. The lowest BCUT2D eigenvalue weighted by molar-refractivity contribution is 0.323. The van der Waals surface area contributed by atoms with Gasteiger partial charge < -0.3 is 5.32 Å². The molecule has 2 rings (SSSR count). The normalized spacial score (nSPS) is 32.1. The van der Waals surface area contributed by atoms with Crippen LogP contribution in [0.3, 0.4) is 0 Å². The Kier molecular flexibility index (Phi) is 5.15. The molecule has 0 saturated heterocycles. The van der Waals surface area contributed by atoms with E-state index < -0.39 is 0 Å². The monoisotopic (exact) mass is 223 g/mol. The van der Waals surface area contributed by atoms with Crippen molar-refractivity contribution in [3.05, 3.63) is 0 Å². The molecule has 1 nitrogen and oxygen atoms in total. The van der Waals surface area contributed by atoms with Gasteiger partial charge in [0.2, 0.25) is 0 Å². The molecule has 2 aliphatic rings. The first kappa shape index (κ1) is 12.4. The fourth-order valence-electron chi connectivity index (χ4n) is 3.59. The van der Waals surface area contributed by atoms with Gasteiger partial charge in [-0.3, -0.25) is 0 Å². The van der Waals surface area contributed by atoms with Crippen molar-refractivity contribution in [3.63, 3.8) is 0 Å². The minimum Gasteiger partial charge on any atom is -0.316 e. The van der Waals surface area contributed by atoms with Crippen LogP contribution in [0, 0.1) is 17.8 Å². The molecule has 0 aromatic rings. The van der Waals surface area contributed by atoms with E-state index in [0.717, 1.165) is 17.8 Å². The Balaban J connectivity index is 1.51. The van der Waals surface area contributed by atoms with Gasteiger partial charge in [-0.05, 0) is 43.7 Å². The zero-order valence-electron chi connectivity index (χ0n) is 11.0. The van der Waals surface area contributed by atoms with Gasteiger partial charge in [-0.2, -0.15) is 0 Å². The predicted octanol–water partition coefficient (Wildman–Crippen LogP) is 3.98. The van der Waals surface area contributed by atoms with E-state index in [4.69, 9.17) is 0 Å². The molecule has 0 heterocycles. The second kappa shape index (κ2) is 6.64. The Morgan fingerprint density at radius 3 is 2.44 bits per heavy atom. The maximum absolute atomic E-state index is 3.71. The highest BCUT2D eigenvalue weighted by atomic mass is 14.9. The predicted molar refractivity (Wildman–Crippen MR) is 70.6 cm³/mol. The number of rotatable bonds is 5. The van der Waals surface area contributed by atoms with Crippen molar-refractivity contribution in [1.29, 1.82) is 0 Å². The molecule has 2 saturated carbocycles. The molecule has 2 aliphatic carbocycles. The van der Waals surface area contributed by atoms with Crippen LogP contribution in [0.2, 0.25) is 0 Å². The van der Waals surface area contributed by atoms with Crippen LogP contribution in [0.5, 0.6) is 0 Å². The van der Waals surface area contributed by atoms with Gasteiger partial charge in [0.05, 0.1) is 0 Å². The van der Waals surface area contributed by atoms with Crippen LogP contribution in [0.15, 0.2) is 0 Å². The summed E-state index contributed by atoms with van der Waals surface area (Å²) in [7, 11) is 0. The average Bonchev–Trinajstić information content (AvgIpc) is 2.72. The SMILES string of the molecule is CC1CCCC1CNCCC1CCCCC1. The van der Waals surface area contributed by atoms with Gasteiger partial charge in [0.25, 0.3) is 0 Å². The topological polar surface area (TPSA) is 12.0 Å². The van der Waals surface area contributed by atoms with E-state index in [-0.39, 0.29) is 0 Å². The van der Waals surface area contributed by atoms with Crippen LogP contribution in [0.4, 0.5) is 0 Å². The highest BCUT2D eigenvalue weighted by molar-refractivity contribution is 4.76.